The number of benzene rings is 1. The Bertz CT molecular complexity index is 1040. The second-order valence-corrected chi connectivity index (χ2v) is 8.78. The second-order valence-electron chi connectivity index (χ2n) is 7.24. The highest BCUT2D eigenvalue weighted by Crippen LogP contribution is 2.26. The monoisotopic (exact) mass is 458 g/mol. The number of aromatic nitrogens is 4. The highest BCUT2D eigenvalue weighted by molar-refractivity contribution is 7.99. The van der Waals surface area contributed by atoms with E-state index in [9.17, 15) is 4.79 Å². The van der Waals surface area contributed by atoms with Crippen LogP contribution in [0.3, 0.4) is 0 Å². The molecule has 0 aliphatic carbocycles. The van der Waals surface area contributed by atoms with Gasteiger partial charge in [-0.3, -0.25) is 4.79 Å². The van der Waals surface area contributed by atoms with Gasteiger partial charge in [0.2, 0.25) is 0 Å². The molecule has 0 bridgehead atoms. The molecule has 0 saturated heterocycles. The Morgan fingerprint density at radius 3 is 2.84 bits per heavy atom. The largest absolute Gasteiger partial charge is 0.497 e. The lowest BCUT2D eigenvalue weighted by atomic mass is 10.2. The molecule has 0 fully saturated rings. The Balaban J connectivity index is 1.72. The zero-order valence-corrected chi connectivity index (χ0v) is 19.7. The fourth-order valence-electron chi connectivity index (χ4n) is 3.02. The Kier molecular flexibility index (Phi) is 8.69. The topological polar surface area (TPSA) is 103 Å². The molecular weight excluding hydrogens is 428 g/mol. The average molecular weight is 459 g/mol. The minimum absolute atomic E-state index is 0.163. The standard InChI is InChI=1S/C22H30N6O3S/c1-5-31-12-10-23-19-18-14-25-28(20(18)27-22(26-19)32-15(2)3)11-9-24-21(29)16-7-6-8-17(13-16)30-4/h6-8,13-15H,5,9-12H2,1-4H3,(H,24,29)(H,23,26,27). The average Bonchev–Trinajstić information content (AvgIpc) is 3.19. The maximum Gasteiger partial charge on any atom is 0.251 e. The van der Waals surface area contributed by atoms with Crippen molar-refractivity contribution in [1.29, 1.82) is 0 Å². The van der Waals surface area contributed by atoms with Crippen LogP contribution in [0.25, 0.3) is 11.0 Å². The van der Waals surface area contributed by atoms with Crippen LogP contribution in [0.15, 0.2) is 35.6 Å². The van der Waals surface area contributed by atoms with E-state index in [2.05, 4.69) is 34.6 Å². The highest BCUT2D eigenvalue weighted by atomic mass is 32.2. The predicted molar refractivity (Wildman–Crippen MR) is 127 cm³/mol. The maximum atomic E-state index is 12.5. The molecule has 0 radical (unpaired) electrons. The number of methoxy groups -OCH3 is 1. The van der Waals surface area contributed by atoms with Crippen LogP contribution in [0, 0.1) is 0 Å². The van der Waals surface area contributed by atoms with Crippen LogP contribution in [-0.4, -0.2) is 64.3 Å². The predicted octanol–water partition coefficient (Wildman–Crippen LogP) is 3.21. The van der Waals surface area contributed by atoms with E-state index in [1.165, 1.54) is 0 Å². The molecule has 0 spiro atoms. The molecule has 0 aliphatic heterocycles. The van der Waals surface area contributed by atoms with Crippen molar-refractivity contribution in [2.45, 2.75) is 37.7 Å². The van der Waals surface area contributed by atoms with Crippen molar-refractivity contribution < 1.29 is 14.3 Å². The summed E-state index contributed by atoms with van der Waals surface area (Å²) in [5.41, 5.74) is 1.28. The number of nitrogens with zero attached hydrogens (tertiary/aromatic N) is 4. The number of thioether (sulfide) groups is 1. The van der Waals surface area contributed by atoms with Gasteiger partial charge in [-0.2, -0.15) is 5.10 Å². The summed E-state index contributed by atoms with van der Waals surface area (Å²) in [5, 5.41) is 12.6. The van der Waals surface area contributed by atoms with E-state index in [-0.39, 0.29) is 5.91 Å². The number of amides is 1. The number of rotatable bonds is 12. The minimum Gasteiger partial charge on any atom is -0.497 e. The van der Waals surface area contributed by atoms with Gasteiger partial charge >= 0.3 is 0 Å². The molecular formula is C22H30N6O3S. The van der Waals surface area contributed by atoms with Crippen LogP contribution in [0.4, 0.5) is 5.82 Å². The molecule has 3 rings (SSSR count). The van der Waals surface area contributed by atoms with Crippen molar-refractivity contribution >= 4 is 34.5 Å². The molecule has 0 atom stereocenters. The number of fused-ring (bicyclic) bond motifs is 1. The Hall–Kier alpha value is -2.85. The first kappa shape index (κ1) is 23.8. The zero-order chi connectivity index (χ0) is 22.9. The third kappa shape index (κ3) is 6.33. The number of carbonyl (C=O) groups is 1. The number of ether oxygens (including phenoxy) is 2. The van der Waals surface area contributed by atoms with Gasteiger partial charge in [0.05, 0.1) is 31.8 Å². The third-order valence-corrected chi connectivity index (χ3v) is 5.37. The molecule has 2 N–H and O–H groups in total. The Labute approximate surface area is 192 Å². The lowest BCUT2D eigenvalue weighted by Gasteiger charge is -2.11. The first-order valence-corrected chi connectivity index (χ1v) is 11.5. The van der Waals surface area contributed by atoms with Crippen LogP contribution in [0.2, 0.25) is 0 Å². The summed E-state index contributed by atoms with van der Waals surface area (Å²) in [7, 11) is 1.58. The molecule has 172 valence electrons. The van der Waals surface area contributed by atoms with Crippen molar-refractivity contribution in [2.75, 3.05) is 38.7 Å². The van der Waals surface area contributed by atoms with Crippen molar-refractivity contribution in [3.05, 3.63) is 36.0 Å². The quantitative estimate of drug-likeness (QED) is 0.242. The Morgan fingerprint density at radius 2 is 2.09 bits per heavy atom. The van der Waals surface area contributed by atoms with Gasteiger partial charge in [0.15, 0.2) is 10.8 Å². The van der Waals surface area contributed by atoms with Gasteiger partial charge in [0.25, 0.3) is 5.91 Å². The third-order valence-electron chi connectivity index (χ3n) is 4.50. The summed E-state index contributed by atoms with van der Waals surface area (Å²) in [5.74, 6) is 1.22. The van der Waals surface area contributed by atoms with Gasteiger partial charge in [-0.25, -0.2) is 14.6 Å². The summed E-state index contributed by atoms with van der Waals surface area (Å²) >= 11 is 1.60. The molecule has 10 heteroatoms. The van der Waals surface area contributed by atoms with Crippen molar-refractivity contribution in [2.24, 2.45) is 0 Å². The summed E-state index contributed by atoms with van der Waals surface area (Å²) in [6.45, 7) is 8.99. The molecule has 1 amide bonds. The minimum atomic E-state index is -0.163. The lowest BCUT2D eigenvalue weighted by molar-refractivity contribution is 0.0951. The van der Waals surface area contributed by atoms with Gasteiger partial charge in [0, 0.05) is 30.5 Å². The number of nitrogens with one attached hydrogen (secondary N) is 2. The van der Waals surface area contributed by atoms with Gasteiger partial charge in [-0.05, 0) is 25.1 Å². The van der Waals surface area contributed by atoms with E-state index in [1.54, 1.807) is 54.0 Å². The van der Waals surface area contributed by atoms with Crippen LogP contribution >= 0.6 is 11.8 Å². The number of hydrogen-bond acceptors (Lipinski definition) is 8. The van der Waals surface area contributed by atoms with Crippen LogP contribution in [-0.2, 0) is 11.3 Å². The fourth-order valence-corrected chi connectivity index (χ4v) is 3.73. The summed E-state index contributed by atoms with van der Waals surface area (Å²) in [6.07, 6.45) is 1.76. The van der Waals surface area contributed by atoms with Crippen molar-refractivity contribution in [3.63, 3.8) is 0 Å². The van der Waals surface area contributed by atoms with Gasteiger partial charge in [0.1, 0.15) is 11.6 Å². The molecule has 2 heterocycles. The summed E-state index contributed by atoms with van der Waals surface area (Å²) in [6, 6.07) is 7.06. The van der Waals surface area contributed by atoms with E-state index in [4.69, 9.17) is 14.5 Å². The first-order valence-electron chi connectivity index (χ1n) is 10.7. The Morgan fingerprint density at radius 1 is 1.25 bits per heavy atom. The van der Waals surface area contributed by atoms with Crippen molar-refractivity contribution in [1.82, 2.24) is 25.1 Å². The molecule has 0 unspecified atom stereocenters. The lowest BCUT2D eigenvalue weighted by Crippen LogP contribution is -2.27. The normalized spacial score (nSPS) is 11.2. The van der Waals surface area contributed by atoms with Gasteiger partial charge in [-0.1, -0.05) is 31.7 Å². The van der Waals surface area contributed by atoms with E-state index >= 15 is 0 Å². The SMILES string of the molecule is CCOCCNc1nc(SC(C)C)nc2c1cnn2CCNC(=O)c1cccc(OC)c1. The second kappa shape index (κ2) is 11.7. The molecule has 0 saturated carbocycles. The fraction of sp³-hybridized carbons (Fsp3) is 0.455. The van der Waals surface area contributed by atoms with E-state index in [0.29, 0.717) is 54.6 Å². The summed E-state index contributed by atoms with van der Waals surface area (Å²) in [4.78, 5) is 21.8. The highest BCUT2D eigenvalue weighted by Gasteiger charge is 2.15. The van der Waals surface area contributed by atoms with Crippen molar-refractivity contribution in [3.8, 4) is 5.75 Å². The van der Waals surface area contributed by atoms with E-state index < -0.39 is 0 Å². The van der Waals surface area contributed by atoms with Gasteiger partial charge in [-0.15, -0.1) is 0 Å². The molecule has 0 aliphatic rings. The van der Waals surface area contributed by atoms with E-state index in [0.717, 1.165) is 16.9 Å². The molecule has 3 aromatic rings. The summed E-state index contributed by atoms with van der Waals surface area (Å²) < 4.78 is 12.4. The van der Waals surface area contributed by atoms with Gasteiger partial charge < -0.3 is 20.1 Å². The number of hydrogen-bond donors (Lipinski definition) is 2. The van der Waals surface area contributed by atoms with Crippen LogP contribution in [0.1, 0.15) is 31.1 Å². The number of anilines is 1. The van der Waals surface area contributed by atoms with Crippen LogP contribution < -0.4 is 15.4 Å². The number of carbonyl (C=O) groups excluding carboxylic acids is 1. The smallest absolute Gasteiger partial charge is 0.251 e. The van der Waals surface area contributed by atoms with E-state index in [1.807, 2.05) is 6.92 Å². The molecule has 1 aromatic carbocycles. The molecule has 9 nitrogen and oxygen atoms in total. The molecule has 32 heavy (non-hydrogen) atoms. The maximum absolute atomic E-state index is 12.5. The first-order chi connectivity index (χ1) is 15.5. The zero-order valence-electron chi connectivity index (χ0n) is 18.9. The van der Waals surface area contributed by atoms with Crippen LogP contribution in [0.5, 0.6) is 5.75 Å². The molecule has 2 aromatic heterocycles.